The molecule has 0 aromatic heterocycles. The van der Waals surface area contributed by atoms with Crippen LogP contribution in [0.4, 0.5) is 5.69 Å². The molecule has 1 aliphatic carbocycles. The lowest BCUT2D eigenvalue weighted by Gasteiger charge is -2.41. The second-order valence-corrected chi connectivity index (χ2v) is 9.90. The van der Waals surface area contributed by atoms with Crippen molar-refractivity contribution in [1.29, 1.82) is 0 Å². The first kappa shape index (κ1) is 24.0. The molecule has 0 aliphatic heterocycles. The van der Waals surface area contributed by atoms with Gasteiger partial charge in [-0.25, -0.2) is 4.79 Å². The summed E-state index contributed by atoms with van der Waals surface area (Å²) in [5, 5.41) is 2.83. The summed E-state index contributed by atoms with van der Waals surface area (Å²) in [6.07, 6.45) is 3.19. The number of hydrogen-bond acceptors (Lipinski definition) is 4. The fourth-order valence-electron chi connectivity index (χ4n) is 4.23. The molecule has 0 unspecified atom stereocenters. The number of hydrogen-bond donors (Lipinski definition) is 1. The molecule has 0 fully saturated rings. The summed E-state index contributed by atoms with van der Waals surface area (Å²) in [6, 6.07) is 13.6. The molecule has 1 amide bonds. The highest BCUT2D eigenvalue weighted by atomic mass is 16.5. The van der Waals surface area contributed by atoms with E-state index >= 15 is 0 Å². The van der Waals surface area contributed by atoms with Crippen molar-refractivity contribution in [1.82, 2.24) is 0 Å². The van der Waals surface area contributed by atoms with Gasteiger partial charge in [-0.3, -0.25) is 4.79 Å². The van der Waals surface area contributed by atoms with E-state index in [2.05, 4.69) is 39.1 Å². The van der Waals surface area contributed by atoms with E-state index in [1.54, 1.807) is 7.11 Å². The van der Waals surface area contributed by atoms with Crippen molar-refractivity contribution in [2.24, 2.45) is 0 Å². The lowest BCUT2D eigenvalue weighted by Crippen LogP contribution is -2.34. The minimum Gasteiger partial charge on any atom is -0.462 e. The van der Waals surface area contributed by atoms with Crippen LogP contribution in [0.1, 0.15) is 74.0 Å². The van der Waals surface area contributed by atoms with Gasteiger partial charge in [-0.2, -0.15) is 0 Å². The first-order valence-corrected chi connectivity index (χ1v) is 11.3. The van der Waals surface area contributed by atoms with E-state index in [9.17, 15) is 9.59 Å². The molecular weight excluding hydrogens is 402 g/mol. The number of rotatable bonds is 8. The fraction of sp³-hybridized carbons (Fsp3) is 0.481. The number of fused-ring (bicyclic) bond motifs is 1. The molecule has 3 rings (SSSR count). The molecule has 0 heterocycles. The van der Waals surface area contributed by atoms with Crippen molar-refractivity contribution in [3.63, 3.8) is 0 Å². The van der Waals surface area contributed by atoms with Crippen molar-refractivity contribution in [3.8, 4) is 0 Å². The summed E-state index contributed by atoms with van der Waals surface area (Å²) >= 11 is 0. The molecule has 0 saturated heterocycles. The van der Waals surface area contributed by atoms with Gasteiger partial charge in [-0.1, -0.05) is 45.9 Å². The first-order chi connectivity index (χ1) is 15.1. The molecule has 32 heavy (non-hydrogen) atoms. The third kappa shape index (κ3) is 5.77. The number of methoxy groups -OCH3 is 1. The third-order valence-corrected chi connectivity index (χ3v) is 6.48. The minimum absolute atomic E-state index is 0.0574. The van der Waals surface area contributed by atoms with Crippen LogP contribution in [0, 0.1) is 0 Å². The van der Waals surface area contributed by atoms with Gasteiger partial charge in [-0.15, -0.1) is 0 Å². The summed E-state index contributed by atoms with van der Waals surface area (Å²) < 4.78 is 10.5. The van der Waals surface area contributed by atoms with Gasteiger partial charge in [0.25, 0.3) is 0 Å². The van der Waals surface area contributed by atoms with Gasteiger partial charge in [0, 0.05) is 19.2 Å². The molecule has 0 bridgehead atoms. The van der Waals surface area contributed by atoms with Crippen LogP contribution < -0.4 is 5.32 Å². The Morgan fingerprint density at radius 1 is 0.906 bits per heavy atom. The largest absolute Gasteiger partial charge is 0.462 e. The van der Waals surface area contributed by atoms with Gasteiger partial charge in [0.2, 0.25) is 5.91 Å². The van der Waals surface area contributed by atoms with E-state index in [-0.39, 0.29) is 22.7 Å². The highest BCUT2D eigenvalue weighted by Gasteiger charge is 2.37. The standard InChI is InChI=1S/C27H35NO4/c1-26(2)14-15-27(3,4)23-18-20(8-11-22(23)26)25(30)32-17-12-19-6-9-21(10-7-19)28-24(29)13-16-31-5/h6-11,18H,12-17H2,1-5H3,(H,28,29). The SMILES string of the molecule is COCCC(=O)Nc1ccc(CCOC(=O)c2ccc3c(c2)C(C)(C)CCC3(C)C)cc1. The summed E-state index contributed by atoms with van der Waals surface area (Å²) in [5.41, 5.74) is 5.17. The summed E-state index contributed by atoms with van der Waals surface area (Å²) in [6.45, 7) is 9.75. The number of carbonyl (C=O) groups excluding carboxylic acids is 2. The monoisotopic (exact) mass is 437 g/mol. The Morgan fingerprint density at radius 2 is 1.56 bits per heavy atom. The normalized spacial score (nSPS) is 16.2. The number of benzene rings is 2. The van der Waals surface area contributed by atoms with Gasteiger partial charge in [0.1, 0.15) is 0 Å². The molecule has 1 N–H and O–H groups in total. The van der Waals surface area contributed by atoms with Crippen LogP contribution in [0.2, 0.25) is 0 Å². The molecule has 0 radical (unpaired) electrons. The minimum atomic E-state index is -0.283. The van der Waals surface area contributed by atoms with Crippen molar-refractivity contribution in [2.45, 2.75) is 64.2 Å². The van der Waals surface area contributed by atoms with E-state index in [4.69, 9.17) is 9.47 Å². The van der Waals surface area contributed by atoms with E-state index < -0.39 is 0 Å². The highest BCUT2D eigenvalue weighted by molar-refractivity contribution is 5.91. The Hall–Kier alpha value is -2.66. The molecule has 0 saturated carbocycles. The maximum atomic E-state index is 12.7. The Labute approximate surface area is 191 Å². The molecule has 2 aromatic rings. The van der Waals surface area contributed by atoms with Crippen LogP contribution in [0.5, 0.6) is 0 Å². The maximum Gasteiger partial charge on any atom is 0.338 e. The van der Waals surface area contributed by atoms with Gasteiger partial charge in [0.05, 0.1) is 25.2 Å². The average Bonchev–Trinajstić information content (AvgIpc) is 2.76. The first-order valence-electron chi connectivity index (χ1n) is 11.3. The topological polar surface area (TPSA) is 64.6 Å². The molecule has 5 nitrogen and oxygen atoms in total. The third-order valence-electron chi connectivity index (χ3n) is 6.48. The summed E-state index contributed by atoms with van der Waals surface area (Å²) in [4.78, 5) is 24.4. The van der Waals surface area contributed by atoms with Crippen molar-refractivity contribution in [3.05, 3.63) is 64.7 Å². The van der Waals surface area contributed by atoms with Crippen molar-refractivity contribution >= 4 is 17.6 Å². The van der Waals surface area contributed by atoms with Crippen molar-refractivity contribution < 1.29 is 19.1 Å². The highest BCUT2D eigenvalue weighted by Crippen LogP contribution is 2.45. The molecule has 5 heteroatoms. The van der Waals surface area contributed by atoms with Crippen LogP contribution >= 0.6 is 0 Å². The van der Waals surface area contributed by atoms with E-state index in [1.165, 1.54) is 11.1 Å². The van der Waals surface area contributed by atoms with Crippen molar-refractivity contribution in [2.75, 3.05) is 25.6 Å². The number of esters is 1. The van der Waals surface area contributed by atoms with Crippen LogP contribution in [-0.2, 0) is 31.5 Å². The zero-order chi connectivity index (χ0) is 23.4. The van der Waals surface area contributed by atoms with Gasteiger partial charge < -0.3 is 14.8 Å². The van der Waals surface area contributed by atoms with Crippen LogP contribution in [0.15, 0.2) is 42.5 Å². The Kier molecular flexibility index (Phi) is 7.40. The van der Waals surface area contributed by atoms with Gasteiger partial charge in [-0.05, 0) is 64.6 Å². The van der Waals surface area contributed by atoms with E-state index in [0.717, 1.165) is 24.1 Å². The molecule has 0 spiro atoms. The lowest BCUT2D eigenvalue weighted by molar-refractivity contribution is -0.117. The fourth-order valence-corrected chi connectivity index (χ4v) is 4.23. The number of carbonyl (C=O) groups is 2. The number of anilines is 1. The second kappa shape index (κ2) is 9.86. The zero-order valence-electron chi connectivity index (χ0n) is 19.9. The number of ether oxygens (including phenoxy) is 2. The molecular formula is C27H35NO4. The van der Waals surface area contributed by atoms with Crippen LogP contribution in [0.25, 0.3) is 0 Å². The summed E-state index contributed by atoms with van der Waals surface area (Å²) in [5.74, 6) is -0.362. The average molecular weight is 438 g/mol. The maximum absolute atomic E-state index is 12.7. The van der Waals surface area contributed by atoms with Crippen LogP contribution in [0.3, 0.4) is 0 Å². The Balaban J connectivity index is 1.56. The smallest absolute Gasteiger partial charge is 0.338 e. The van der Waals surface area contributed by atoms with E-state index in [0.29, 0.717) is 31.6 Å². The molecule has 2 aromatic carbocycles. The Morgan fingerprint density at radius 3 is 2.22 bits per heavy atom. The predicted octanol–water partition coefficient (Wildman–Crippen LogP) is 5.41. The summed E-state index contributed by atoms with van der Waals surface area (Å²) in [7, 11) is 1.57. The van der Waals surface area contributed by atoms with Gasteiger partial charge >= 0.3 is 5.97 Å². The van der Waals surface area contributed by atoms with Crippen LogP contribution in [-0.4, -0.2) is 32.2 Å². The second-order valence-electron chi connectivity index (χ2n) is 9.90. The predicted molar refractivity (Wildman–Crippen MR) is 127 cm³/mol. The lowest BCUT2D eigenvalue weighted by atomic mass is 9.63. The van der Waals surface area contributed by atoms with Gasteiger partial charge in [0.15, 0.2) is 0 Å². The Bertz CT molecular complexity index is 960. The molecule has 1 aliphatic rings. The quantitative estimate of drug-likeness (QED) is 0.561. The number of amides is 1. The van der Waals surface area contributed by atoms with E-state index in [1.807, 2.05) is 36.4 Å². The zero-order valence-corrected chi connectivity index (χ0v) is 19.9. The number of nitrogens with one attached hydrogen (secondary N) is 1. The molecule has 172 valence electrons. The molecule has 0 atom stereocenters.